The molecule has 1 aromatic rings. The van der Waals surface area contributed by atoms with E-state index in [9.17, 15) is 9.59 Å². The van der Waals surface area contributed by atoms with E-state index in [4.69, 9.17) is 14.3 Å². The van der Waals surface area contributed by atoms with Crippen LogP contribution in [0.2, 0.25) is 0 Å². The second-order valence-electron chi connectivity index (χ2n) is 4.50. The van der Waals surface area contributed by atoms with Crippen LogP contribution in [0, 0.1) is 5.92 Å². The predicted molar refractivity (Wildman–Crippen MR) is 69.3 cm³/mol. The van der Waals surface area contributed by atoms with Crippen molar-refractivity contribution in [3.63, 3.8) is 0 Å². The molecule has 1 fully saturated rings. The molecule has 0 saturated carbocycles. The largest absolute Gasteiger partial charge is 0.469 e. The van der Waals surface area contributed by atoms with Gasteiger partial charge in [-0.3, -0.25) is 9.63 Å². The lowest BCUT2D eigenvalue weighted by atomic mass is 9.89. The molecule has 108 valence electrons. The van der Waals surface area contributed by atoms with Gasteiger partial charge in [0.2, 0.25) is 0 Å². The lowest BCUT2D eigenvalue weighted by Crippen LogP contribution is -2.35. The van der Waals surface area contributed by atoms with Crippen LogP contribution in [0.25, 0.3) is 0 Å². The van der Waals surface area contributed by atoms with Crippen molar-refractivity contribution in [2.24, 2.45) is 5.92 Å². The van der Waals surface area contributed by atoms with Gasteiger partial charge >= 0.3 is 11.9 Å². The lowest BCUT2D eigenvalue weighted by molar-refractivity contribution is -0.182. The maximum atomic E-state index is 12.0. The quantitative estimate of drug-likeness (QED) is 0.767. The normalized spacial score (nSPS) is 26.2. The Morgan fingerprint density at radius 2 is 1.70 bits per heavy atom. The molecular formula is C14H17NO5. The van der Waals surface area contributed by atoms with Gasteiger partial charge in [0.15, 0.2) is 6.10 Å². The molecule has 20 heavy (non-hydrogen) atoms. The summed E-state index contributed by atoms with van der Waals surface area (Å²) < 4.78 is 9.50. The van der Waals surface area contributed by atoms with Crippen molar-refractivity contribution in [2.75, 3.05) is 21.3 Å². The number of ether oxygens (including phenoxy) is 2. The zero-order chi connectivity index (χ0) is 14.7. The Labute approximate surface area is 117 Å². The SMILES string of the molecule is COC(=O)[C@@H]1[C@H](C(=O)OC)ON(C)[C@H]1c1ccccc1. The van der Waals surface area contributed by atoms with Crippen molar-refractivity contribution in [3.8, 4) is 0 Å². The summed E-state index contributed by atoms with van der Waals surface area (Å²) in [5.74, 6) is -1.86. The van der Waals surface area contributed by atoms with E-state index >= 15 is 0 Å². The van der Waals surface area contributed by atoms with E-state index in [1.165, 1.54) is 19.3 Å². The van der Waals surface area contributed by atoms with E-state index in [2.05, 4.69) is 0 Å². The summed E-state index contributed by atoms with van der Waals surface area (Å²) >= 11 is 0. The van der Waals surface area contributed by atoms with Crippen LogP contribution in [0.15, 0.2) is 30.3 Å². The Hall–Kier alpha value is -1.92. The summed E-state index contributed by atoms with van der Waals surface area (Å²) in [6.07, 6.45) is -0.998. The number of rotatable bonds is 3. The maximum absolute atomic E-state index is 12.0. The Bertz CT molecular complexity index is 490. The third-order valence-corrected chi connectivity index (χ3v) is 3.39. The molecule has 0 unspecified atom stereocenters. The number of carbonyl (C=O) groups excluding carboxylic acids is 2. The van der Waals surface area contributed by atoms with Gasteiger partial charge in [0.25, 0.3) is 0 Å². The summed E-state index contributed by atoms with van der Waals surface area (Å²) in [5, 5.41) is 1.50. The molecule has 0 bridgehead atoms. The van der Waals surface area contributed by atoms with Crippen LogP contribution in [0.3, 0.4) is 0 Å². The number of hydrogen-bond acceptors (Lipinski definition) is 6. The van der Waals surface area contributed by atoms with Gasteiger partial charge in [-0.1, -0.05) is 30.3 Å². The standard InChI is InChI=1S/C14H17NO5/c1-15-11(9-7-5-4-6-8-9)10(13(16)18-2)12(20-15)14(17)19-3/h4-8,10-12H,1-3H3/t10-,11-,12+/m0/s1. The molecule has 0 aliphatic carbocycles. The zero-order valence-corrected chi connectivity index (χ0v) is 11.6. The van der Waals surface area contributed by atoms with E-state index < -0.39 is 30.0 Å². The molecular weight excluding hydrogens is 262 g/mol. The van der Waals surface area contributed by atoms with E-state index in [1.807, 2.05) is 30.3 Å². The van der Waals surface area contributed by atoms with Crippen molar-refractivity contribution in [1.29, 1.82) is 0 Å². The van der Waals surface area contributed by atoms with Crippen molar-refractivity contribution < 1.29 is 23.9 Å². The minimum atomic E-state index is -0.998. The van der Waals surface area contributed by atoms with Gasteiger partial charge in [-0.2, -0.15) is 5.06 Å². The number of carbonyl (C=O) groups is 2. The third-order valence-electron chi connectivity index (χ3n) is 3.39. The first kappa shape index (κ1) is 14.5. The van der Waals surface area contributed by atoms with Crippen LogP contribution in [0.5, 0.6) is 0 Å². The van der Waals surface area contributed by atoms with Gasteiger partial charge in [-0.05, 0) is 5.56 Å². The second-order valence-corrected chi connectivity index (χ2v) is 4.50. The second kappa shape index (κ2) is 6.02. The molecule has 0 radical (unpaired) electrons. The molecule has 3 atom stereocenters. The molecule has 2 rings (SSSR count). The maximum Gasteiger partial charge on any atom is 0.338 e. The van der Waals surface area contributed by atoms with Gasteiger partial charge in [-0.25, -0.2) is 4.79 Å². The highest BCUT2D eigenvalue weighted by Gasteiger charge is 2.51. The Morgan fingerprint density at radius 3 is 2.25 bits per heavy atom. The minimum absolute atomic E-state index is 0.396. The molecule has 0 aromatic heterocycles. The Morgan fingerprint density at radius 1 is 1.10 bits per heavy atom. The van der Waals surface area contributed by atoms with Gasteiger partial charge in [0.1, 0.15) is 5.92 Å². The van der Waals surface area contributed by atoms with Crippen molar-refractivity contribution in [2.45, 2.75) is 12.1 Å². The molecule has 1 aromatic carbocycles. The molecule has 0 spiro atoms. The van der Waals surface area contributed by atoms with Crippen LogP contribution in [-0.4, -0.2) is 44.4 Å². The molecule has 0 N–H and O–H groups in total. The number of benzene rings is 1. The Kier molecular flexibility index (Phi) is 4.36. The van der Waals surface area contributed by atoms with Crippen molar-refractivity contribution >= 4 is 11.9 Å². The van der Waals surface area contributed by atoms with Gasteiger partial charge < -0.3 is 9.47 Å². The van der Waals surface area contributed by atoms with Crippen LogP contribution in [0.4, 0.5) is 0 Å². The molecule has 1 aliphatic heterocycles. The van der Waals surface area contributed by atoms with E-state index in [0.717, 1.165) is 5.56 Å². The summed E-state index contributed by atoms with van der Waals surface area (Å²) in [7, 11) is 4.23. The average Bonchev–Trinajstić information content (AvgIpc) is 2.84. The van der Waals surface area contributed by atoms with Crippen molar-refractivity contribution in [1.82, 2.24) is 5.06 Å². The van der Waals surface area contributed by atoms with E-state index in [0.29, 0.717) is 0 Å². The number of hydroxylamine groups is 2. The predicted octanol–water partition coefficient (Wildman–Crippen LogP) is 0.935. The first-order valence-electron chi connectivity index (χ1n) is 6.20. The summed E-state index contributed by atoms with van der Waals surface area (Å²) in [6, 6.07) is 8.96. The van der Waals surface area contributed by atoms with Gasteiger partial charge in [0, 0.05) is 7.05 Å². The summed E-state index contributed by atoms with van der Waals surface area (Å²) in [5.41, 5.74) is 0.872. The molecule has 1 heterocycles. The van der Waals surface area contributed by atoms with Crippen LogP contribution < -0.4 is 0 Å². The zero-order valence-electron chi connectivity index (χ0n) is 11.6. The fraction of sp³-hybridized carbons (Fsp3) is 0.429. The smallest absolute Gasteiger partial charge is 0.338 e. The first-order chi connectivity index (χ1) is 9.60. The third kappa shape index (κ3) is 2.52. The topological polar surface area (TPSA) is 65.1 Å². The lowest BCUT2D eigenvalue weighted by Gasteiger charge is -2.21. The monoisotopic (exact) mass is 279 g/mol. The van der Waals surface area contributed by atoms with Crippen LogP contribution in [-0.2, 0) is 23.9 Å². The highest BCUT2D eigenvalue weighted by atomic mass is 16.7. The molecule has 6 nitrogen and oxygen atoms in total. The highest BCUT2D eigenvalue weighted by Crippen LogP contribution is 2.39. The van der Waals surface area contributed by atoms with Crippen LogP contribution >= 0.6 is 0 Å². The van der Waals surface area contributed by atoms with Gasteiger partial charge in [-0.15, -0.1) is 0 Å². The summed E-state index contributed by atoms with van der Waals surface area (Å²) in [4.78, 5) is 29.3. The van der Waals surface area contributed by atoms with E-state index in [1.54, 1.807) is 7.05 Å². The molecule has 6 heteroatoms. The first-order valence-corrected chi connectivity index (χ1v) is 6.20. The molecule has 1 saturated heterocycles. The average molecular weight is 279 g/mol. The summed E-state index contributed by atoms with van der Waals surface area (Å²) in [6.45, 7) is 0. The fourth-order valence-corrected chi connectivity index (χ4v) is 2.46. The number of hydrogen-bond donors (Lipinski definition) is 0. The molecule has 1 aliphatic rings. The minimum Gasteiger partial charge on any atom is -0.469 e. The van der Waals surface area contributed by atoms with Crippen molar-refractivity contribution in [3.05, 3.63) is 35.9 Å². The van der Waals surface area contributed by atoms with E-state index in [-0.39, 0.29) is 0 Å². The van der Waals surface area contributed by atoms with Crippen LogP contribution in [0.1, 0.15) is 11.6 Å². The molecule has 0 amide bonds. The number of nitrogens with zero attached hydrogens (tertiary/aromatic N) is 1. The highest BCUT2D eigenvalue weighted by molar-refractivity contribution is 5.85. The number of methoxy groups -OCH3 is 2. The fourth-order valence-electron chi connectivity index (χ4n) is 2.46. The number of esters is 2. The van der Waals surface area contributed by atoms with Gasteiger partial charge in [0.05, 0.1) is 20.3 Å². The Balaban J connectivity index is 2.38.